The topological polar surface area (TPSA) is 50.0 Å². The molecular formula is C19H18N4. The summed E-state index contributed by atoms with van der Waals surface area (Å²) in [5.74, 6) is 0. The van der Waals surface area contributed by atoms with E-state index in [0.29, 0.717) is 0 Å². The molecule has 4 heteroatoms. The van der Waals surface area contributed by atoms with Crippen molar-refractivity contribution in [3.63, 3.8) is 0 Å². The van der Waals surface area contributed by atoms with Crippen molar-refractivity contribution < 1.29 is 0 Å². The normalized spacial score (nSPS) is 12.5. The van der Waals surface area contributed by atoms with E-state index in [0.717, 1.165) is 22.5 Å². The number of hydrogen-bond acceptors (Lipinski definition) is 4. The lowest BCUT2D eigenvalue weighted by molar-refractivity contribution is 1.32. The third-order valence-corrected chi connectivity index (χ3v) is 2.99. The van der Waals surface area contributed by atoms with Gasteiger partial charge in [0.15, 0.2) is 0 Å². The van der Waals surface area contributed by atoms with Crippen LogP contribution in [-0.4, -0.2) is 24.1 Å². The van der Waals surface area contributed by atoms with Gasteiger partial charge in [0.25, 0.3) is 0 Å². The first-order valence-electron chi connectivity index (χ1n) is 7.19. The number of pyridine rings is 1. The van der Waals surface area contributed by atoms with Crippen LogP contribution >= 0.6 is 0 Å². The van der Waals surface area contributed by atoms with Crippen molar-refractivity contribution in [1.82, 2.24) is 4.98 Å². The summed E-state index contributed by atoms with van der Waals surface area (Å²) in [6.45, 7) is 5.36. The third kappa shape index (κ3) is 5.63. The highest BCUT2D eigenvalue weighted by Gasteiger charge is 1.92. The van der Waals surface area contributed by atoms with Gasteiger partial charge in [-0.15, -0.1) is 0 Å². The molecule has 0 unspecified atom stereocenters. The summed E-state index contributed by atoms with van der Waals surface area (Å²) < 4.78 is 0. The van der Waals surface area contributed by atoms with E-state index >= 15 is 0 Å². The summed E-state index contributed by atoms with van der Waals surface area (Å²) in [4.78, 5) is 16.5. The molecule has 4 nitrogen and oxygen atoms in total. The molecule has 0 amide bonds. The molecule has 0 radical (unpaired) electrons. The second kappa shape index (κ2) is 9.00. The van der Waals surface area contributed by atoms with E-state index in [1.165, 1.54) is 0 Å². The smallest absolute Gasteiger partial charge is 0.0631 e. The number of nitrogens with zero attached hydrogens (tertiary/aromatic N) is 4. The molecule has 114 valence electrons. The number of rotatable bonds is 6. The van der Waals surface area contributed by atoms with Gasteiger partial charge >= 0.3 is 0 Å². The monoisotopic (exact) mass is 302 g/mol. The van der Waals surface area contributed by atoms with Crippen molar-refractivity contribution in [1.29, 1.82) is 0 Å². The standard InChI is InChI=1S/C19H18N4/c1-3-16(8-11-20-2)14-22-18-4-6-19(7-5-18)23-15-17-9-12-21-13-10-17/h3-15H,2H2,1H3/b11-8-,16-3+,22-14?,23-15?. The Hall–Kier alpha value is -3.14. The average Bonchev–Trinajstić information content (AvgIpc) is 2.62. The molecular weight excluding hydrogens is 284 g/mol. The van der Waals surface area contributed by atoms with Gasteiger partial charge in [-0.05, 0) is 67.3 Å². The summed E-state index contributed by atoms with van der Waals surface area (Å²) in [5.41, 5.74) is 3.73. The summed E-state index contributed by atoms with van der Waals surface area (Å²) >= 11 is 0. The molecule has 1 heterocycles. The molecule has 0 aliphatic heterocycles. The summed E-state index contributed by atoms with van der Waals surface area (Å²) in [6.07, 6.45) is 12.5. The predicted molar refractivity (Wildman–Crippen MR) is 98.5 cm³/mol. The van der Waals surface area contributed by atoms with E-state index in [1.54, 1.807) is 24.8 Å². The number of allylic oxidation sites excluding steroid dienone is 3. The zero-order valence-electron chi connectivity index (χ0n) is 13.0. The third-order valence-electron chi connectivity index (χ3n) is 2.99. The molecule has 0 saturated heterocycles. The van der Waals surface area contributed by atoms with Crippen LogP contribution in [0.4, 0.5) is 11.4 Å². The molecule has 0 bridgehead atoms. The van der Waals surface area contributed by atoms with E-state index in [9.17, 15) is 0 Å². The maximum atomic E-state index is 4.42. The first-order chi connectivity index (χ1) is 11.3. The first-order valence-corrected chi connectivity index (χ1v) is 7.19. The molecule has 0 N–H and O–H groups in total. The van der Waals surface area contributed by atoms with Gasteiger partial charge in [-0.25, -0.2) is 0 Å². The lowest BCUT2D eigenvalue weighted by Gasteiger charge is -1.97. The Bertz CT molecular complexity index is 739. The fourth-order valence-corrected chi connectivity index (χ4v) is 1.72. The van der Waals surface area contributed by atoms with Crippen LogP contribution in [0.1, 0.15) is 12.5 Å². The Balaban J connectivity index is 2.03. The van der Waals surface area contributed by atoms with Crippen molar-refractivity contribution in [2.75, 3.05) is 0 Å². The van der Waals surface area contributed by atoms with E-state index in [-0.39, 0.29) is 0 Å². The molecule has 0 fully saturated rings. The number of hydrogen-bond donors (Lipinski definition) is 0. The second-order valence-corrected chi connectivity index (χ2v) is 4.60. The Kier molecular flexibility index (Phi) is 6.35. The molecule has 0 aliphatic carbocycles. The fraction of sp³-hybridized carbons (Fsp3) is 0.0526. The van der Waals surface area contributed by atoms with E-state index in [1.807, 2.05) is 61.7 Å². The van der Waals surface area contributed by atoms with Gasteiger partial charge in [-0.2, -0.15) is 0 Å². The molecule has 1 aromatic heterocycles. The van der Waals surface area contributed by atoms with Gasteiger partial charge in [-0.3, -0.25) is 20.0 Å². The minimum Gasteiger partial charge on any atom is -0.272 e. The van der Waals surface area contributed by atoms with Crippen LogP contribution in [0.3, 0.4) is 0 Å². The van der Waals surface area contributed by atoms with Crippen molar-refractivity contribution in [3.05, 3.63) is 78.3 Å². The van der Waals surface area contributed by atoms with Crippen LogP contribution < -0.4 is 0 Å². The lowest BCUT2D eigenvalue weighted by Crippen LogP contribution is -1.80. The van der Waals surface area contributed by atoms with Gasteiger partial charge in [0, 0.05) is 31.0 Å². The van der Waals surface area contributed by atoms with Gasteiger partial charge in [0.2, 0.25) is 0 Å². The number of aliphatic imine (C=N–C) groups is 3. The van der Waals surface area contributed by atoms with Crippen LogP contribution in [0.5, 0.6) is 0 Å². The molecule has 23 heavy (non-hydrogen) atoms. The number of benzene rings is 1. The average molecular weight is 302 g/mol. The minimum atomic E-state index is 0.868. The van der Waals surface area contributed by atoms with Crippen LogP contribution in [0.15, 0.2) is 87.7 Å². The van der Waals surface area contributed by atoms with Gasteiger partial charge in [-0.1, -0.05) is 6.08 Å². The largest absolute Gasteiger partial charge is 0.272 e. The minimum absolute atomic E-state index is 0.868. The van der Waals surface area contributed by atoms with Gasteiger partial charge in [0.1, 0.15) is 0 Å². The molecule has 0 spiro atoms. The maximum Gasteiger partial charge on any atom is 0.0631 e. The highest BCUT2D eigenvalue weighted by Crippen LogP contribution is 2.18. The van der Waals surface area contributed by atoms with Crippen LogP contribution in [0.25, 0.3) is 0 Å². The quantitative estimate of drug-likeness (QED) is 0.564. The zero-order chi connectivity index (χ0) is 16.3. The van der Waals surface area contributed by atoms with E-state index in [4.69, 9.17) is 0 Å². The zero-order valence-corrected chi connectivity index (χ0v) is 13.0. The van der Waals surface area contributed by atoms with Gasteiger partial charge in [0.05, 0.1) is 11.4 Å². The molecule has 0 saturated carbocycles. The van der Waals surface area contributed by atoms with Crippen LogP contribution in [0.2, 0.25) is 0 Å². The molecule has 1 aromatic carbocycles. The maximum absolute atomic E-state index is 4.42. The predicted octanol–water partition coefficient (Wildman–Crippen LogP) is 4.70. The van der Waals surface area contributed by atoms with E-state index in [2.05, 4.69) is 26.7 Å². The van der Waals surface area contributed by atoms with E-state index < -0.39 is 0 Å². The van der Waals surface area contributed by atoms with Crippen molar-refractivity contribution >= 4 is 30.5 Å². The van der Waals surface area contributed by atoms with Crippen LogP contribution in [-0.2, 0) is 0 Å². The lowest BCUT2D eigenvalue weighted by atomic mass is 10.2. The second-order valence-electron chi connectivity index (χ2n) is 4.60. The Morgan fingerprint density at radius 3 is 2.26 bits per heavy atom. The Morgan fingerprint density at radius 2 is 1.65 bits per heavy atom. The molecule has 2 rings (SSSR count). The van der Waals surface area contributed by atoms with Gasteiger partial charge < -0.3 is 0 Å². The summed E-state index contributed by atoms with van der Waals surface area (Å²) in [5, 5.41) is 0. The Labute approximate surface area is 136 Å². The molecule has 0 aliphatic rings. The molecule has 0 atom stereocenters. The fourth-order valence-electron chi connectivity index (χ4n) is 1.72. The summed E-state index contributed by atoms with van der Waals surface area (Å²) in [7, 11) is 0. The number of aromatic nitrogens is 1. The van der Waals surface area contributed by atoms with Crippen molar-refractivity contribution in [2.24, 2.45) is 15.0 Å². The van der Waals surface area contributed by atoms with Crippen LogP contribution in [0, 0.1) is 0 Å². The highest BCUT2D eigenvalue weighted by molar-refractivity contribution is 5.84. The SMILES string of the molecule is C=N/C=C\C(C=Nc1ccc(N=Cc2ccncc2)cc1)=C/C. The first kappa shape index (κ1) is 16.2. The van der Waals surface area contributed by atoms with Crippen molar-refractivity contribution in [3.8, 4) is 0 Å². The molecule has 2 aromatic rings. The highest BCUT2D eigenvalue weighted by atomic mass is 14.7. The van der Waals surface area contributed by atoms with Crippen molar-refractivity contribution in [2.45, 2.75) is 6.92 Å². The summed E-state index contributed by atoms with van der Waals surface area (Å²) in [6, 6.07) is 11.5. The Morgan fingerprint density at radius 1 is 1.00 bits per heavy atom.